The van der Waals surface area contributed by atoms with Crippen molar-refractivity contribution in [1.82, 2.24) is 0 Å². The number of carbonyl (C=O) groups excluding carboxylic acids is 3. The highest BCUT2D eigenvalue weighted by Gasteiger charge is 2.62. The average Bonchev–Trinajstić information content (AvgIpc) is 3.95. The van der Waals surface area contributed by atoms with Gasteiger partial charge in [-0.3, -0.25) is 0 Å². The summed E-state index contributed by atoms with van der Waals surface area (Å²) in [5.41, 5.74) is 30.4. The monoisotopic (exact) mass is 1010 g/mol. The number of carbonyl (C=O) groups is 3. The van der Waals surface area contributed by atoms with E-state index in [0.717, 1.165) is 38.5 Å². The Bertz CT molecular complexity index is 2570. The molecule has 4 aliphatic heterocycles. The SMILES string of the molecule is [N-]=[N+]=NC1C[C@@H](N=[N+]=[N-])C2OC3(CCCCC3)O[C@H]2[C@@H]1O[C@H]1OC2COC3(CCCCC3)O[C@H]2[C@H](O[C@@H]2O[C@H](COC(=O)c3ccccc3)[C@@H](OC(=O)c3ccccc3)C2OC(=O)c2ccccc2)C1N=[N+]=[N-]. The zero-order valence-electron chi connectivity index (χ0n) is 39.7. The molecular weight excluding hydrogens is 951 g/mol. The summed E-state index contributed by atoms with van der Waals surface area (Å²) >= 11 is 0. The number of ether oxygens (including phenoxy) is 11. The van der Waals surface area contributed by atoms with Crippen LogP contribution < -0.4 is 0 Å². The van der Waals surface area contributed by atoms with Crippen LogP contribution in [0.25, 0.3) is 31.3 Å². The first-order valence-corrected chi connectivity index (χ1v) is 24.9. The van der Waals surface area contributed by atoms with Gasteiger partial charge in [-0.2, -0.15) is 0 Å². The third kappa shape index (κ3) is 10.8. The molecular formula is C50H55N9O14. The van der Waals surface area contributed by atoms with Crippen molar-refractivity contribution in [3.63, 3.8) is 0 Å². The number of esters is 3. The van der Waals surface area contributed by atoms with Crippen molar-refractivity contribution in [2.45, 2.75) is 168 Å². The van der Waals surface area contributed by atoms with Gasteiger partial charge in [-0.1, -0.05) is 82.8 Å². The Morgan fingerprint density at radius 2 is 1.07 bits per heavy atom. The van der Waals surface area contributed by atoms with E-state index >= 15 is 0 Å². The van der Waals surface area contributed by atoms with Gasteiger partial charge in [-0.05, 0) is 85.1 Å². The molecule has 7 aliphatic rings. The lowest BCUT2D eigenvalue weighted by atomic mass is 9.84. The molecule has 0 bridgehead atoms. The number of nitrogens with zero attached hydrogens (tertiary/aromatic N) is 9. The zero-order chi connectivity index (χ0) is 50.4. The van der Waals surface area contributed by atoms with E-state index in [0.29, 0.717) is 25.7 Å². The molecule has 3 aromatic rings. The fourth-order valence-corrected chi connectivity index (χ4v) is 11.1. The van der Waals surface area contributed by atoms with Crippen molar-refractivity contribution in [2.75, 3.05) is 13.2 Å². The number of azide groups is 3. The topological polar surface area (TPSA) is 299 Å². The summed E-state index contributed by atoms with van der Waals surface area (Å²) in [6.45, 7) is -0.511. The van der Waals surface area contributed by atoms with Crippen LogP contribution >= 0.6 is 0 Å². The highest BCUT2D eigenvalue weighted by Crippen LogP contribution is 2.49. The van der Waals surface area contributed by atoms with Gasteiger partial charge in [0.15, 0.2) is 36.4 Å². The Morgan fingerprint density at radius 1 is 0.548 bits per heavy atom. The minimum absolute atomic E-state index is 0.0150. The molecule has 14 atom stereocenters. The zero-order valence-corrected chi connectivity index (χ0v) is 39.7. The van der Waals surface area contributed by atoms with Crippen LogP contribution in [0.2, 0.25) is 0 Å². The molecule has 0 N–H and O–H groups in total. The van der Waals surface area contributed by atoms with E-state index in [-0.39, 0.29) is 29.7 Å². The highest BCUT2D eigenvalue weighted by molar-refractivity contribution is 5.91. The van der Waals surface area contributed by atoms with Crippen LogP contribution in [-0.4, -0.2) is 128 Å². The molecule has 73 heavy (non-hydrogen) atoms. The van der Waals surface area contributed by atoms with Crippen LogP contribution in [0.4, 0.5) is 0 Å². The summed E-state index contributed by atoms with van der Waals surface area (Å²) in [6, 6.07) is 21.3. The van der Waals surface area contributed by atoms with Gasteiger partial charge in [-0.25, -0.2) is 14.4 Å². The third-order valence-corrected chi connectivity index (χ3v) is 14.6. The molecule has 2 spiro atoms. The number of benzene rings is 3. The largest absolute Gasteiger partial charge is 0.459 e. The maximum absolute atomic E-state index is 14.1. The molecule has 3 aromatic carbocycles. The summed E-state index contributed by atoms with van der Waals surface area (Å²) in [6.07, 6.45) is -6.13. The van der Waals surface area contributed by atoms with E-state index in [4.69, 9.17) is 52.1 Å². The molecule has 23 nitrogen and oxygen atoms in total. The van der Waals surface area contributed by atoms with Gasteiger partial charge in [0, 0.05) is 40.4 Å². The van der Waals surface area contributed by atoms with E-state index in [1.165, 1.54) is 0 Å². The average molecular weight is 1010 g/mol. The number of hydrogen-bond acceptors (Lipinski definition) is 17. The Morgan fingerprint density at radius 3 is 1.67 bits per heavy atom. The van der Waals surface area contributed by atoms with Crippen LogP contribution in [0.15, 0.2) is 106 Å². The molecule has 0 radical (unpaired) electrons. The molecule has 3 saturated carbocycles. The molecule has 7 fully saturated rings. The summed E-state index contributed by atoms with van der Waals surface area (Å²) < 4.78 is 72.1. The number of rotatable bonds is 14. The Labute approximate surface area is 418 Å². The molecule has 3 aliphatic carbocycles. The lowest BCUT2D eigenvalue weighted by molar-refractivity contribution is -0.398. The maximum Gasteiger partial charge on any atom is 0.338 e. The van der Waals surface area contributed by atoms with E-state index < -0.39 is 122 Å². The normalized spacial score (nSPS) is 33.9. The van der Waals surface area contributed by atoms with Crippen LogP contribution in [0.5, 0.6) is 0 Å². The van der Waals surface area contributed by atoms with Gasteiger partial charge in [0.05, 0.1) is 47.6 Å². The minimum Gasteiger partial charge on any atom is -0.459 e. The molecule has 4 heterocycles. The molecule has 23 heteroatoms. The molecule has 5 unspecified atom stereocenters. The fraction of sp³-hybridized carbons (Fsp3) is 0.580. The lowest BCUT2D eigenvalue weighted by Gasteiger charge is -2.53. The quantitative estimate of drug-likeness (QED) is 0.0481. The second-order valence-corrected chi connectivity index (χ2v) is 19.2. The Hall–Kier alpha value is -6.32. The fourth-order valence-electron chi connectivity index (χ4n) is 11.1. The second kappa shape index (κ2) is 22.4. The van der Waals surface area contributed by atoms with Gasteiger partial charge < -0.3 is 52.1 Å². The van der Waals surface area contributed by atoms with Crippen LogP contribution in [-0.2, 0) is 52.1 Å². The molecule has 10 rings (SSSR count). The first-order valence-electron chi connectivity index (χ1n) is 24.9. The van der Waals surface area contributed by atoms with Crippen molar-refractivity contribution in [3.05, 3.63) is 139 Å². The molecule has 0 aromatic heterocycles. The van der Waals surface area contributed by atoms with Gasteiger partial charge in [-0.15, -0.1) is 0 Å². The van der Waals surface area contributed by atoms with Gasteiger partial charge in [0.2, 0.25) is 0 Å². The second-order valence-electron chi connectivity index (χ2n) is 19.2. The van der Waals surface area contributed by atoms with E-state index in [1.54, 1.807) is 91.0 Å². The van der Waals surface area contributed by atoms with Gasteiger partial charge in [0.1, 0.15) is 43.2 Å². The standard InChI is InChI=1S/C50H55N9O14/c51-57-54-32-26-33(55-58-52)38-42(73-50(71-38)24-14-5-15-25-50)37(32)69-47-36(56-59-53)41(40-35(65-47)28-64-49(72-40)22-12-4-13-23-49)70-48-43(68-46(62)31-20-10-3-11-21-31)39(67-45(61)30-18-8-2-9-19-30)34(66-48)27-63-44(60)29-16-6-1-7-17-29/h1-3,6-11,16-21,32-43,47-48H,4-5,12-15,22-28H2/t32?,33-,34-,35?,36?,37-,38?,39-,40-,41-,42+,43?,47-,48+/m1/s1. The molecule has 4 saturated heterocycles. The first kappa shape index (κ1) is 50.2. The minimum atomic E-state index is -1.63. The van der Waals surface area contributed by atoms with E-state index in [2.05, 4.69) is 30.1 Å². The van der Waals surface area contributed by atoms with Crippen molar-refractivity contribution in [1.29, 1.82) is 0 Å². The van der Waals surface area contributed by atoms with Crippen molar-refractivity contribution in [3.8, 4) is 0 Å². The highest BCUT2D eigenvalue weighted by atomic mass is 16.8. The van der Waals surface area contributed by atoms with Gasteiger partial charge >= 0.3 is 17.9 Å². The summed E-state index contributed by atoms with van der Waals surface area (Å²) in [4.78, 5) is 51.0. The van der Waals surface area contributed by atoms with Crippen LogP contribution in [0.1, 0.15) is 102 Å². The van der Waals surface area contributed by atoms with E-state index in [9.17, 15) is 31.0 Å². The number of fused-ring (bicyclic) bond motifs is 2. The smallest absolute Gasteiger partial charge is 0.338 e. The van der Waals surface area contributed by atoms with E-state index in [1.807, 2.05) is 0 Å². The van der Waals surface area contributed by atoms with Crippen molar-refractivity contribution < 1.29 is 66.5 Å². The van der Waals surface area contributed by atoms with Crippen LogP contribution in [0.3, 0.4) is 0 Å². The Balaban J connectivity index is 1.02. The first-order chi connectivity index (χ1) is 35.7. The summed E-state index contributed by atoms with van der Waals surface area (Å²) in [5, 5.41) is 12.4. The summed E-state index contributed by atoms with van der Waals surface area (Å²) in [7, 11) is 0. The number of hydrogen-bond donors (Lipinski definition) is 0. The molecule has 0 amide bonds. The maximum atomic E-state index is 14.1. The molecule has 384 valence electrons. The van der Waals surface area contributed by atoms with Crippen molar-refractivity contribution in [2.24, 2.45) is 15.3 Å². The van der Waals surface area contributed by atoms with Crippen LogP contribution in [0, 0.1) is 0 Å². The predicted octanol–water partition coefficient (Wildman–Crippen LogP) is 8.48. The third-order valence-electron chi connectivity index (χ3n) is 14.6. The lowest BCUT2D eigenvalue weighted by Crippen LogP contribution is -2.68. The van der Waals surface area contributed by atoms with Gasteiger partial charge in [0.25, 0.3) is 0 Å². The predicted molar refractivity (Wildman–Crippen MR) is 251 cm³/mol. The Kier molecular flexibility index (Phi) is 15.4. The summed E-state index contributed by atoms with van der Waals surface area (Å²) in [5.74, 6) is -4.39. The van der Waals surface area contributed by atoms with Crippen molar-refractivity contribution >= 4 is 17.9 Å².